The van der Waals surface area contributed by atoms with Crippen molar-refractivity contribution in [2.45, 2.75) is 19.5 Å². The fraction of sp³-hybridized carbons (Fsp3) is 0.235. The molecule has 0 unspecified atom stereocenters. The zero-order chi connectivity index (χ0) is 19.9. The molecule has 10 heteroatoms. The first-order chi connectivity index (χ1) is 12.8. The van der Waals surface area contributed by atoms with Crippen LogP contribution in [0, 0.1) is 10.1 Å². The Hall–Kier alpha value is -3.30. The molecule has 2 N–H and O–H groups in total. The topological polar surface area (TPSA) is 88.8 Å². The lowest BCUT2D eigenvalue weighted by Gasteiger charge is -2.15. The molecule has 2 rings (SSSR count). The highest BCUT2D eigenvalue weighted by molar-refractivity contribution is 5.79. The maximum absolute atomic E-state index is 12.5. The van der Waals surface area contributed by atoms with E-state index in [4.69, 9.17) is 0 Å². The Morgan fingerprint density at radius 3 is 2.22 bits per heavy atom. The van der Waals surface area contributed by atoms with Gasteiger partial charge in [-0.3, -0.25) is 15.1 Å². The summed E-state index contributed by atoms with van der Waals surface area (Å²) in [5.74, 6) is -0.0402. The van der Waals surface area contributed by atoms with Crippen molar-refractivity contribution in [3.05, 3.63) is 69.8 Å². The summed E-state index contributed by atoms with van der Waals surface area (Å²) in [6.07, 6.45) is -4.79. The molecule has 0 saturated carbocycles. The summed E-state index contributed by atoms with van der Waals surface area (Å²) in [4.78, 5) is 14.5. The zero-order valence-electron chi connectivity index (χ0n) is 14.3. The Morgan fingerprint density at radius 2 is 1.63 bits per heavy atom. The molecular weight excluding hydrogens is 365 g/mol. The lowest BCUT2D eigenvalue weighted by Crippen LogP contribution is -2.36. The van der Waals surface area contributed by atoms with E-state index >= 15 is 0 Å². The molecule has 0 spiro atoms. The number of aliphatic imine (C=N–C) groups is 1. The molecular formula is C17H17F3N4O3. The number of nitro benzene ring substituents is 1. The normalized spacial score (nSPS) is 11.8. The smallest absolute Gasteiger partial charge is 0.405 e. The summed E-state index contributed by atoms with van der Waals surface area (Å²) < 4.78 is 41.4. The third-order valence-electron chi connectivity index (χ3n) is 3.50. The average Bonchev–Trinajstić information content (AvgIpc) is 2.62. The molecule has 0 aliphatic heterocycles. The van der Waals surface area contributed by atoms with Crippen molar-refractivity contribution in [1.29, 1.82) is 0 Å². The van der Waals surface area contributed by atoms with Crippen LogP contribution in [-0.2, 0) is 13.1 Å². The molecule has 0 aromatic heterocycles. The van der Waals surface area contributed by atoms with Gasteiger partial charge in [-0.15, -0.1) is 13.2 Å². The molecule has 0 saturated heterocycles. The maximum atomic E-state index is 12.5. The van der Waals surface area contributed by atoms with Gasteiger partial charge in [-0.05, 0) is 6.07 Å². The van der Waals surface area contributed by atoms with Crippen molar-refractivity contribution in [3.8, 4) is 5.75 Å². The van der Waals surface area contributed by atoms with Gasteiger partial charge in [-0.1, -0.05) is 36.4 Å². The van der Waals surface area contributed by atoms with Crippen molar-refractivity contribution in [2.24, 2.45) is 4.99 Å². The van der Waals surface area contributed by atoms with E-state index in [-0.39, 0.29) is 36.0 Å². The summed E-state index contributed by atoms with van der Waals surface area (Å²) in [5.41, 5.74) is 0.694. The van der Waals surface area contributed by atoms with E-state index in [0.29, 0.717) is 5.56 Å². The standard InChI is InChI=1S/C17H17F3N4O3/c1-21-16(22-10-12-6-2-4-8-14(12)24(25)26)23-11-13-7-3-5-9-15(13)27-17(18,19)20/h2-9H,10-11H2,1H3,(H2,21,22,23). The van der Waals surface area contributed by atoms with Crippen LogP contribution in [0.5, 0.6) is 5.75 Å². The van der Waals surface area contributed by atoms with Crippen LogP contribution in [0.4, 0.5) is 18.9 Å². The predicted octanol–water partition coefficient (Wildman–Crippen LogP) is 3.36. The molecule has 0 bridgehead atoms. The van der Waals surface area contributed by atoms with E-state index in [1.54, 1.807) is 24.3 Å². The number of ether oxygens (including phenoxy) is 1. The number of nitrogens with zero attached hydrogens (tertiary/aromatic N) is 2. The van der Waals surface area contributed by atoms with Crippen LogP contribution in [0.15, 0.2) is 53.5 Å². The van der Waals surface area contributed by atoms with E-state index < -0.39 is 11.3 Å². The first-order valence-corrected chi connectivity index (χ1v) is 7.80. The number of rotatable bonds is 6. The fourth-order valence-electron chi connectivity index (χ4n) is 2.29. The van der Waals surface area contributed by atoms with Crippen LogP contribution in [0.2, 0.25) is 0 Å². The summed E-state index contributed by atoms with van der Waals surface area (Å²) >= 11 is 0. The van der Waals surface area contributed by atoms with Gasteiger partial charge >= 0.3 is 6.36 Å². The molecule has 7 nitrogen and oxygen atoms in total. The lowest BCUT2D eigenvalue weighted by molar-refractivity contribution is -0.385. The summed E-state index contributed by atoms with van der Waals surface area (Å²) in [5, 5.41) is 16.8. The molecule has 0 atom stereocenters. The van der Waals surface area contributed by atoms with Gasteiger partial charge in [-0.2, -0.15) is 0 Å². The largest absolute Gasteiger partial charge is 0.573 e. The highest BCUT2D eigenvalue weighted by Crippen LogP contribution is 2.26. The number of nitro groups is 1. The number of hydrogen-bond donors (Lipinski definition) is 2. The first-order valence-electron chi connectivity index (χ1n) is 7.80. The van der Waals surface area contributed by atoms with Crippen LogP contribution in [-0.4, -0.2) is 24.3 Å². The van der Waals surface area contributed by atoms with E-state index in [1.807, 2.05) is 0 Å². The molecule has 0 fully saturated rings. The minimum absolute atomic E-state index is 0.0167. The van der Waals surface area contributed by atoms with Gasteiger partial charge in [0, 0.05) is 37.3 Å². The Bertz CT molecular complexity index is 825. The molecule has 27 heavy (non-hydrogen) atoms. The maximum Gasteiger partial charge on any atom is 0.573 e. The number of hydrogen-bond acceptors (Lipinski definition) is 4. The number of benzene rings is 2. The molecule has 2 aromatic rings. The minimum atomic E-state index is -4.79. The van der Waals surface area contributed by atoms with E-state index in [2.05, 4.69) is 20.4 Å². The monoisotopic (exact) mass is 382 g/mol. The number of nitrogens with one attached hydrogen (secondary N) is 2. The van der Waals surface area contributed by atoms with Crippen LogP contribution < -0.4 is 15.4 Å². The zero-order valence-corrected chi connectivity index (χ0v) is 14.3. The Labute approximate surface area is 153 Å². The molecule has 0 radical (unpaired) electrons. The third-order valence-corrected chi connectivity index (χ3v) is 3.50. The second kappa shape index (κ2) is 8.88. The minimum Gasteiger partial charge on any atom is -0.405 e. The fourth-order valence-corrected chi connectivity index (χ4v) is 2.29. The van der Waals surface area contributed by atoms with E-state index in [1.165, 1.54) is 31.3 Å². The van der Waals surface area contributed by atoms with Crippen LogP contribution in [0.25, 0.3) is 0 Å². The molecule has 144 valence electrons. The van der Waals surface area contributed by atoms with E-state index in [0.717, 1.165) is 0 Å². The van der Waals surface area contributed by atoms with Gasteiger partial charge in [0.25, 0.3) is 5.69 Å². The van der Waals surface area contributed by atoms with E-state index in [9.17, 15) is 23.3 Å². The van der Waals surface area contributed by atoms with Crippen LogP contribution >= 0.6 is 0 Å². The van der Waals surface area contributed by atoms with Gasteiger partial charge in [-0.25, -0.2) is 0 Å². The second-order valence-corrected chi connectivity index (χ2v) is 5.32. The van der Waals surface area contributed by atoms with Crippen molar-refractivity contribution in [3.63, 3.8) is 0 Å². The summed E-state index contributed by atoms with van der Waals surface area (Å²) in [6.45, 7) is 0.139. The highest BCUT2D eigenvalue weighted by Gasteiger charge is 2.31. The third kappa shape index (κ3) is 6.17. The Morgan fingerprint density at radius 1 is 1.07 bits per heavy atom. The van der Waals surface area contributed by atoms with Gasteiger partial charge < -0.3 is 15.4 Å². The van der Waals surface area contributed by atoms with Crippen LogP contribution in [0.1, 0.15) is 11.1 Å². The number of guanidine groups is 1. The molecule has 2 aromatic carbocycles. The average molecular weight is 382 g/mol. The molecule has 0 heterocycles. The van der Waals surface area contributed by atoms with Gasteiger partial charge in [0.2, 0.25) is 0 Å². The number of halogens is 3. The first kappa shape index (κ1) is 20.0. The Balaban J connectivity index is 2.00. The SMILES string of the molecule is CN=C(NCc1ccccc1OC(F)(F)F)NCc1ccccc1[N+](=O)[O-]. The second-order valence-electron chi connectivity index (χ2n) is 5.32. The van der Waals surface area contributed by atoms with Crippen molar-refractivity contribution in [2.75, 3.05) is 7.05 Å². The predicted molar refractivity (Wildman–Crippen MR) is 93.3 cm³/mol. The highest BCUT2D eigenvalue weighted by atomic mass is 19.4. The quantitative estimate of drug-likeness (QED) is 0.346. The molecule has 0 aliphatic carbocycles. The Kier molecular flexibility index (Phi) is 6.58. The van der Waals surface area contributed by atoms with Crippen molar-refractivity contribution in [1.82, 2.24) is 10.6 Å². The molecule has 0 amide bonds. The van der Waals surface area contributed by atoms with Gasteiger partial charge in [0.05, 0.1) is 4.92 Å². The van der Waals surface area contributed by atoms with Gasteiger partial charge in [0.1, 0.15) is 5.75 Å². The summed E-state index contributed by atoms with van der Waals surface area (Å²) in [6, 6.07) is 12.0. The molecule has 0 aliphatic rings. The lowest BCUT2D eigenvalue weighted by atomic mass is 10.2. The van der Waals surface area contributed by atoms with Crippen molar-refractivity contribution >= 4 is 11.6 Å². The van der Waals surface area contributed by atoms with Gasteiger partial charge in [0.15, 0.2) is 5.96 Å². The number of alkyl halides is 3. The number of para-hydroxylation sites is 2. The summed E-state index contributed by atoms with van der Waals surface area (Å²) in [7, 11) is 1.48. The van der Waals surface area contributed by atoms with Crippen LogP contribution in [0.3, 0.4) is 0 Å². The van der Waals surface area contributed by atoms with Crippen molar-refractivity contribution < 1.29 is 22.8 Å².